The number of thioether (sulfide) groups is 1. The number of aryl methyl sites for hydroxylation is 1. The first-order chi connectivity index (χ1) is 6.19. The molecule has 0 aromatic carbocycles. The second-order valence-corrected chi connectivity index (χ2v) is 4.48. The number of thiazole rings is 1. The predicted molar refractivity (Wildman–Crippen MR) is 60.0 cm³/mol. The molecule has 74 valence electrons. The van der Waals surface area contributed by atoms with Crippen LogP contribution in [0.25, 0.3) is 0 Å². The van der Waals surface area contributed by atoms with Gasteiger partial charge in [-0.05, 0) is 20.2 Å². The summed E-state index contributed by atoms with van der Waals surface area (Å²) in [6.07, 6.45) is 2.05. The van der Waals surface area contributed by atoms with Gasteiger partial charge < -0.3 is 4.57 Å². The van der Waals surface area contributed by atoms with Crippen LogP contribution in [0, 0.1) is 6.92 Å². The van der Waals surface area contributed by atoms with E-state index in [0.717, 1.165) is 4.80 Å². The molecule has 0 spiro atoms. The van der Waals surface area contributed by atoms with Gasteiger partial charge in [-0.1, -0.05) is 0 Å². The average molecular weight is 217 g/mol. The number of hydrogen-bond acceptors (Lipinski definition) is 4. The lowest BCUT2D eigenvalue weighted by Crippen LogP contribution is -2.24. The molecule has 0 bridgehead atoms. The van der Waals surface area contributed by atoms with E-state index in [2.05, 4.69) is 27.2 Å². The molecule has 3 nitrogen and oxygen atoms in total. The first-order valence-electron chi connectivity index (χ1n) is 4.04. The molecule has 5 heteroatoms. The van der Waals surface area contributed by atoms with Gasteiger partial charge in [-0.25, -0.2) is 4.99 Å². The summed E-state index contributed by atoms with van der Waals surface area (Å²) in [6.45, 7) is 2.09. The van der Waals surface area contributed by atoms with Crippen LogP contribution < -0.4 is 10.1 Å². The maximum Gasteiger partial charge on any atom is 0.187 e. The van der Waals surface area contributed by atoms with Gasteiger partial charge in [0.05, 0.1) is 0 Å². The van der Waals surface area contributed by atoms with Crippen LogP contribution in [-0.2, 0) is 7.05 Å². The predicted octanol–water partition coefficient (Wildman–Crippen LogP) is 1.16. The molecule has 0 aliphatic rings. The van der Waals surface area contributed by atoms with Crippen molar-refractivity contribution in [1.82, 2.24) is 9.88 Å². The van der Waals surface area contributed by atoms with Crippen molar-refractivity contribution in [3.05, 3.63) is 15.9 Å². The summed E-state index contributed by atoms with van der Waals surface area (Å²) >= 11 is 3.38. The first-order valence-corrected chi connectivity index (χ1v) is 6.20. The summed E-state index contributed by atoms with van der Waals surface area (Å²) in [5, 5.41) is 5.24. The Bertz CT molecular complexity index is 322. The molecule has 1 heterocycles. The minimum Gasteiger partial charge on any atom is -0.324 e. The van der Waals surface area contributed by atoms with Crippen LogP contribution in [0.3, 0.4) is 0 Å². The Morgan fingerprint density at radius 3 is 2.77 bits per heavy atom. The molecule has 0 aliphatic carbocycles. The fraction of sp³-hybridized carbons (Fsp3) is 0.625. The summed E-state index contributed by atoms with van der Waals surface area (Å²) in [5.74, 6) is 0. The molecule has 0 saturated carbocycles. The van der Waals surface area contributed by atoms with E-state index >= 15 is 0 Å². The number of rotatable bonds is 3. The van der Waals surface area contributed by atoms with Crippen LogP contribution in [0.5, 0.6) is 0 Å². The molecule has 13 heavy (non-hydrogen) atoms. The topological polar surface area (TPSA) is 29.3 Å². The summed E-state index contributed by atoms with van der Waals surface area (Å²) in [4.78, 5) is 5.61. The Labute approximate surface area is 86.9 Å². The molecule has 1 unspecified atom stereocenters. The van der Waals surface area contributed by atoms with Crippen LogP contribution in [0.2, 0.25) is 0 Å². The van der Waals surface area contributed by atoms with Crippen molar-refractivity contribution in [3.8, 4) is 0 Å². The largest absolute Gasteiger partial charge is 0.324 e. The quantitative estimate of drug-likeness (QED) is 0.770. The van der Waals surface area contributed by atoms with Gasteiger partial charge in [-0.2, -0.15) is 0 Å². The van der Waals surface area contributed by atoms with Crippen molar-refractivity contribution in [3.63, 3.8) is 0 Å². The molecule has 0 amide bonds. The van der Waals surface area contributed by atoms with Crippen LogP contribution in [-0.4, -0.2) is 23.4 Å². The van der Waals surface area contributed by atoms with Gasteiger partial charge in [0, 0.05) is 18.1 Å². The highest BCUT2D eigenvalue weighted by Crippen LogP contribution is 2.03. The molecule has 0 radical (unpaired) electrons. The molecular weight excluding hydrogens is 202 g/mol. The average Bonchev–Trinajstić information content (AvgIpc) is 2.45. The zero-order valence-corrected chi connectivity index (χ0v) is 10.00. The second-order valence-electron chi connectivity index (χ2n) is 2.72. The zero-order chi connectivity index (χ0) is 9.84. The molecule has 0 saturated heterocycles. The lowest BCUT2D eigenvalue weighted by Gasteiger charge is -2.06. The monoisotopic (exact) mass is 217 g/mol. The third-order valence-electron chi connectivity index (χ3n) is 1.85. The highest BCUT2D eigenvalue weighted by Gasteiger charge is 2.00. The lowest BCUT2D eigenvalue weighted by atomic mass is 10.6. The van der Waals surface area contributed by atoms with Crippen LogP contribution in [0.4, 0.5) is 0 Å². The highest BCUT2D eigenvalue weighted by atomic mass is 32.2. The van der Waals surface area contributed by atoms with Crippen molar-refractivity contribution in [1.29, 1.82) is 0 Å². The van der Waals surface area contributed by atoms with E-state index in [4.69, 9.17) is 0 Å². The fourth-order valence-corrected chi connectivity index (χ4v) is 2.31. The van der Waals surface area contributed by atoms with E-state index in [1.807, 2.05) is 20.4 Å². The number of nitrogens with zero attached hydrogens (tertiary/aromatic N) is 2. The van der Waals surface area contributed by atoms with Crippen LogP contribution in [0.1, 0.15) is 5.69 Å². The van der Waals surface area contributed by atoms with Gasteiger partial charge in [-0.3, -0.25) is 5.32 Å². The van der Waals surface area contributed by atoms with E-state index in [9.17, 15) is 0 Å². The van der Waals surface area contributed by atoms with Gasteiger partial charge in [-0.15, -0.1) is 23.1 Å². The Morgan fingerprint density at radius 1 is 1.69 bits per heavy atom. The molecule has 0 aliphatic heterocycles. The van der Waals surface area contributed by atoms with Gasteiger partial charge >= 0.3 is 0 Å². The molecule has 1 N–H and O–H groups in total. The van der Waals surface area contributed by atoms with Gasteiger partial charge in [0.2, 0.25) is 0 Å². The molecule has 0 fully saturated rings. The SMILES string of the molecule is CNC(/N=c1/scc(C)n1C)SC. The van der Waals surface area contributed by atoms with Crippen molar-refractivity contribution >= 4 is 23.1 Å². The lowest BCUT2D eigenvalue weighted by molar-refractivity contribution is 0.727. The Kier molecular flexibility index (Phi) is 4.02. The fourth-order valence-electron chi connectivity index (χ4n) is 0.899. The Hall–Kier alpha value is -0.260. The van der Waals surface area contributed by atoms with Gasteiger partial charge in [0.15, 0.2) is 4.80 Å². The van der Waals surface area contributed by atoms with E-state index in [0.29, 0.717) is 0 Å². The number of hydrogen-bond donors (Lipinski definition) is 1. The number of nitrogens with one attached hydrogen (secondary N) is 1. The van der Waals surface area contributed by atoms with Crippen molar-refractivity contribution in [2.24, 2.45) is 12.0 Å². The summed E-state index contributed by atoms with van der Waals surface area (Å²) in [6, 6.07) is 0. The van der Waals surface area contributed by atoms with Gasteiger partial charge in [0.25, 0.3) is 0 Å². The van der Waals surface area contributed by atoms with Gasteiger partial charge in [0.1, 0.15) is 5.50 Å². The molecule has 1 aromatic rings. The first kappa shape index (κ1) is 10.8. The Morgan fingerprint density at radius 2 is 2.38 bits per heavy atom. The minimum absolute atomic E-state index is 0.157. The van der Waals surface area contributed by atoms with E-state index in [-0.39, 0.29) is 5.50 Å². The summed E-state index contributed by atoms with van der Waals surface area (Å²) in [5.41, 5.74) is 1.41. The van der Waals surface area contributed by atoms with Crippen LogP contribution in [0.15, 0.2) is 10.4 Å². The second kappa shape index (κ2) is 4.83. The third kappa shape index (κ3) is 2.59. The third-order valence-corrected chi connectivity index (χ3v) is 3.69. The standard InChI is InChI=1S/C8H15N3S2/c1-6-5-13-8(11(6)3)10-7(9-2)12-4/h5,7,9H,1-4H3/b10-8+. The van der Waals surface area contributed by atoms with E-state index in [1.165, 1.54) is 5.69 Å². The summed E-state index contributed by atoms with van der Waals surface area (Å²) in [7, 11) is 3.96. The minimum atomic E-state index is 0.157. The van der Waals surface area contributed by atoms with Crippen molar-refractivity contribution < 1.29 is 0 Å². The van der Waals surface area contributed by atoms with Crippen molar-refractivity contribution in [2.75, 3.05) is 13.3 Å². The molecule has 1 rings (SSSR count). The van der Waals surface area contributed by atoms with Crippen molar-refractivity contribution in [2.45, 2.75) is 12.4 Å². The normalized spacial score (nSPS) is 14.9. The molecular formula is C8H15N3S2. The van der Waals surface area contributed by atoms with E-state index in [1.54, 1.807) is 23.1 Å². The maximum atomic E-state index is 4.55. The van der Waals surface area contributed by atoms with E-state index < -0.39 is 0 Å². The maximum absolute atomic E-state index is 4.55. The number of aromatic nitrogens is 1. The smallest absolute Gasteiger partial charge is 0.187 e. The molecule has 1 aromatic heterocycles. The molecule has 1 atom stereocenters. The highest BCUT2D eigenvalue weighted by molar-refractivity contribution is 7.99. The summed E-state index contributed by atoms with van der Waals surface area (Å²) < 4.78 is 2.10. The zero-order valence-electron chi connectivity index (χ0n) is 8.37. The van der Waals surface area contributed by atoms with Crippen LogP contribution >= 0.6 is 23.1 Å². The Balaban J connectivity index is 2.99.